The van der Waals surface area contributed by atoms with E-state index >= 15 is 0 Å². The van der Waals surface area contributed by atoms with Crippen molar-refractivity contribution in [1.29, 1.82) is 0 Å². The van der Waals surface area contributed by atoms with Gasteiger partial charge in [0, 0.05) is 6.42 Å². The molecule has 17 heavy (non-hydrogen) atoms. The molecule has 0 bridgehead atoms. The van der Waals surface area contributed by atoms with Gasteiger partial charge in [0.25, 0.3) is 0 Å². The van der Waals surface area contributed by atoms with Crippen molar-refractivity contribution in [2.75, 3.05) is 11.5 Å². The Hall–Kier alpha value is -0.880. The number of anilines is 1. The van der Waals surface area contributed by atoms with E-state index in [0.29, 0.717) is 23.6 Å². The number of nitrogens with zero attached hydrogens (tertiary/aromatic N) is 2. The van der Waals surface area contributed by atoms with Crippen LogP contribution in [0.15, 0.2) is 6.07 Å². The molecule has 1 aromatic rings. The van der Waals surface area contributed by atoms with Crippen LogP contribution in [0.25, 0.3) is 0 Å². The lowest BCUT2D eigenvalue weighted by atomic mass is 10.1. The van der Waals surface area contributed by atoms with E-state index in [0.717, 1.165) is 12.8 Å². The number of nitrogen functional groups attached to an aromatic ring is 1. The van der Waals surface area contributed by atoms with Gasteiger partial charge in [-0.2, -0.15) is 5.10 Å². The van der Waals surface area contributed by atoms with Crippen molar-refractivity contribution in [3.63, 3.8) is 0 Å². The highest BCUT2D eigenvalue weighted by Gasteiger charge is 2.29. The van der Waals surface area contributed by atoms with Gasteiger partial charge in [-0.25, -0.2) is 8.42 Å². The maximum absolute atomic E-state index is 11.8. The quantitative estimate of drug-likeness (QED) is 0.877. The molecule has 0 radical (unpaired) electrons. The van der Waals surface area contributed by atoms with Gasteiger partial charge in [0.05, 0.1) is 21.7 Å². The standard InChI is InChI=1S/C10H14ClN3O2S/c11-9-6-7(13-14-10(9)12)5-8-3-1-2-4-17(8,15)16/h6,8H,1-5H2,(H2,12,14). The summed E-state index contributed by atoms with van der Waals surface area (Å²) in [7, 11) is -2.99. The van der Waals surface area contributed by atoms with Crippen molar-refractivity contribution in [3.05, 3.63) is 16.8 Å². The van der Waals surface area contributed by atoms with Crippen LogP contribution in [0.5, 0.6) is 0 Å². The predicted molar refractivity (Wildman–Crippen MR) is 66.6 cm³/mol. The SMILES string of the molecule is Nc1nnc(CC2CCCCS2(=O)=O)cc1Cl. The van der Waals surface area contributed by atoms with Gasteiger partial charge < -0.3 is 5.73 Å². The van der Waals surface area contributed by atoms with Gasteiger partial charge in [0.2, 0.25) is 0 Å². The van der Waals surface area contributed by atoms with Gasteiger partial charge >= 0.3 is 0 Å². The Balaban J connectivity index is 2.17. The van der Waals surface area contributed by atoms with Crippen LogP contribution in [0.2, 0.25) is 5.02 Å². The molecule has 1 unspecified atom stereocenters. The molecule has 1 aliphatic heterocycles. The summed E-state index contributed by atoms with van der Waals surface area (Å²) in [6, 6.07) is 1.59. The van der Waals surface area contributed by atoms with E-state index in [-0.39, 0.29) is 16.8 Å². The number of hydrogen-bond acceptors (Lipinski definition) is 5. The first-order chi connectivity index (χ1) is 7.99. The lowest BCUT2D eigenvalue weighted by molar-refractivity contribution is 0.535. The van der Waals surface area contributed by atoms with Gasteiger partial charge in [0.15, 0.2) is 15.7 Å². The average Bonchev–Trinajstić information content (AvgIpc) is 2.26. The summed E-state index contributed by atoms with van der Waals surface area (Å²) in [6.07, 6.45) is 2.76. The Bertz CT molecular complexity index is 518. The summed E-state index contributed by atoms with van der Waals surface area (Å²) in [4.78, 5) is 0. The second-order valence-corrected chi connectivity index (χ2v) is 7.07. The molecular weight excluding hydrogens is 262 g/mol. The van der Waals surface area contributed by atoms with E-state index in [1.165, 1.54) is 0 Å². The lowest BCUT2D eigenvalue weighted by Gasteiger charge is -2.21. The van der Waals surface area contributed by atoms with E-state index in [1.54, 1.807) is 6.07 Å². The van der Waals surface area contributed by atoms with Crippen molar-refractivity contribution in [2.24, 2.45) is 0 Å². The van der Waals surface area contributed by atoms with Crippen LogP contribution in [-0.4, -0.2) is 29.6 Å². The van der Waals surface area contributed by atoms with Crippen LogP contribution in [-0.2, 0) is 16.3 Å². The van der Waals surface area contributed by atoms with Gasteiger partial charge in [0.1, 0.15) is 0 Å². The minimum Gasteiger partial charge on any atom is -0.381 e. The third-order valence-corrected chi connectivity index (χ3v) is 5.55. The van der Waals surface area contributed by atoms with Crippen LogP contribution < -0.4 is 5.73 Å². The smallest absolute Gasteiger partial charge is 0.164 e. The second-order valence-electron chi connectivity index (χ2n) is 4.26. The molecule has 1 saturated heterocycles. The molecule has 7 heteroatoms. The summed E-state index contributed by atoms with van der Waals surface area (Å²) < 4.78 is 23.7. The molecule has 2 heterocycles. The summed E-state index contributed by atoms with van der Waals surface area (Å²) in [5, 5.41) is 7.53. The van der Waals surface area contributed by atoms with Gasteiger partial charge in [-0.1, -0.05) is 18.0 Å². The first-order valence-corrected chi connectivity index (χ1v) is 7.57. The van der Waals surface area contributed by atoms with Crippen LogP contribution in [0, 0.1) is 0 Å². The second kappa shape index (κ2) is 4.78. The van der Waals surface area contributed by atoms with Crippen molar-refractivity contribution in [2.45, 2.75) is 30.9 Å². The fourth-order valence-corrected chi connectivity index (χ4v) is 4.05. The monoisotopic (exact) mass is 275 g/mol. The van der Waals surface area contributed by atoms with Gasteiger partial charge in [-0.3, -0.25) is 0 Å². The molecular formula is C10H14ClN3O2S. The zero-order valence-corrected chi connectivity index (χ0v) is 10.8. The van der Waals surface area contributed by atoms with E-state index < -0.39 is 9.84 Å². The minimum atomic E-state index is -2.99. The fraction of sp³-hybridized carbons (Fsp3) is 0.600. The minimum absolute atomic E-state index is 0.168. The summed E-state index contributed by atoms with van der Waals surface area (Å²) in [6.45, 7) is 0. The molecule has 0 aromatic carbocycles. The molecule has 2 N–H and O–H groups in total. The molecule has 94 valence electrons. The fourth-order valence-electron chi connectivity index (χ4n) is 2.00. The number of halogens is 1. The molecule has 5 nitrogen and oxygen atoms in total. The summed E-state index contributed by atoms with van der Waals surface area (Å²) in [5.41, 5.74) is 6.03. The third kappa shape index (κ3) is 2.87. The summed E-state index contributed by atoms with van der Waals surface area (Å²) in [5.74, 6) is 0.440. The van der Waals surface area contributed by atoms with Gasteiger partial charge in [-0.05, 0) is 18.9 Å². The highest BCUT2D eigenvalue weighted by Crippen LogP contribution is 2.23. The topological polar surface area (TPSA) is 85.9 Å². The maximum Gasteiger partial charge on any atom is 0.164 e. The Morgan fingerprint density at radius 1 is 1.41 bits per heavy atom. The Morgan fingerprint density at radius 2 is 2.18 bits per heavy atom. The van der Waals surface area contributed by atoms with E-state index in [1.807, 2.05) is 0 Å². The van der Waals surface area contributed by atoms with Gasteiger partial charge in [-0.15, -0.1) is 5.10 Å². The lowest BCUT2D eigenvalue weighted by Crippen LogP contribution is -2.30. The average molecular weight is 276 g/mol. The Morgan fingerprint density at radius 3 is 2.82 bits per heavy atom. The van der Waals surface area contributed by atoms with E-state index in [2.05, 4.69) is 10.2 Å². The maximum atomic E-state index is 11.8. The molecule has 1 atom stereocenters. The number of nitrogens with two attached hydrogens (primary N) is 1. The molecule has 0 saturated carbocycles. The van der Waals surface area contributed by atoms with Crippen LogP contribution in [0.1, 0.15) is 25.0 Å². The van der Waals surface area contributed by atoms with Crippen molar-refractivity contribution in [1.82, 2.24) is 10.2 Å². The van der Waals surface area contributed by atoms with Crippen molar-refractivity contribution >= 4 is 27.3 Å². The number of hydrogen-bond donors (Lipinski definition) is 1. The highest BCUT2D eigenvalue weighted by molar-refractivity contribution is 7.92. The van der Waals surface area contributed by atoms with E-state index in [4.69, 9.17) is 17.3 Å². The molecule has 0 amide bonds. The third-order valence-electron chi connectivity index (χ3n) is 2.97. The normalized spacial score (nSPS) is 23.5. The first kappa shape index (κ1) is 12.6. The largest absolute Gasteiger partial charge is 0.381 e. The number of aromatic nitrogens is 2. The number of rotatable bonds is 2. The Labute approximate surface area is 105 Å². The van der Waals surface area contributed by atoms with Crippen molar-refractivity contribution < 1.29 is 8.42 Å². The molecule has 0 spiro atoms. The predicted octanol–water partition coefficient (Wildman–Crippen LogP) is 1.22. The molecule has 1 aliphatic rings. The van der Waals surface area contributed by atoms with Crippen LogP contribution in [0.4, 0.5) is 5.82 Å². The highest BCUT2D eigenvalue weighted by atomic mass is 35.5. The van der Waals surface area contributed by atoms with Crippen molar-refractivity contribution in [3.8, 4) is 0 Å². The zero-order chi connectivity index (χ0) is 12.5. The zero-order valence-electron chi connectivity index (χ0n) is 9.26. The molecule has 0 aliphatic carbocycles. The Kier molecular flexibility index (Phi) is 3.53. The van der Waals surface area contributed by atoms with Crippen LogP contribution in [0.3, 0.4) is 0 Å². The molecule has 1 fully saturated rings. The van der Waals surface area contributed by atoms with Crippen LogP contribution >= 0.6 is 11.6 Å². The van der Waals surface area contributed by atoms with E-state index in [9.17, 15) is 8.42 Å². The summed E-state index contributed by atoms with van der Waals surface area (Å²) >= 11 is 5.83. The number of sulfone groups is 1. The molecule has 2 rings (SSSR count). The first-order valence-electron chi connectivity index (χ1n) is 5.48. The molecule has 1 aromatic heterocycles.